The molecule has 2 N–H and O–H groups in total. The number of aryl methyl sites for hydroxylation is 2. The van der Waals surface area contributed by atoms with Crippen molar-refractivity contribution >= 4 is 29.3 Å². The lowest BCUT2D eigenvalue weighted by atomic mass is 10.1. The number of nitrogens with zero attached hydrogens (tertiary/aromatic N) is 4. The lowest BCUT2D eigenvalue weighted by Crippen LogP contribution is -2.25. The molecule has 0 unspecified atom stereocenters. The molecule has 4 rings (SSSR count). The van der Waals surface area contributed by atoms with Gasteiger partial charge in [0.2, 0.25) is 5.91 Å². The van der Waals surface area contributed by atoms with Crippen LogP contribution in [-0.4, -0.2) is 43.4 Å². The summed E-state index contributed by atoms with van der Waals surface area (Å²) in [5, 5.41) is 10.8. The Morgan fingerprint density at radius 3 is 2.67 bits per heavy atom. The minimum atomic E-state index is -0.178. The normalized spacial score (nSPS) is 13.1. The van der Waals surface area contributed by atoms with Crippen LogP contribution in [0.3, 0.4) is 0 Å². The van der Waals surface area contributed by atoms with E-state index in [-0.39, 0.29) is 23.6 Å². The van der Waals surface area contributed by atoms with Gasteiger partial charge in [-0.2, -0.15) is 5.10 Å². The summed E-state index contributed by atoms with van der Waals surface area (Å²) in [5.41, 5.74) is 3.25. The molecule has 0 atom stereocenters. The lowest BCUT2D eigenvalue weighted by Gasteiger charge is -2.11. The van der Waals surface area contributed by atoms with E-state index in [1.807, 2.05) is 32.0 Å². The molecule has 9 heteroatoms. The monoisotopic (exact) mass is 422 g/mol. The minimum absolute atomic E-state index is 0.101. The Morgan fingerprint density at radius 2 is 1.93 bits per heavy atom. The quantitative estimate of drug-likeness (QED) is 0.448. The average molecular weight is 423 g/mol. The molecule has 0 radical (unpaired) electrons. The first-order chi connectivity index (χ1) is 14.5. The third-order valence-corrected chi connectivity index (χ3v) is 5.62. The highest BCUT2D eigenvalue weighted by Crippen LogP contribution is 2.22. The number of rotatable bonds is 7. The highest BCUT2D eigenvalue weighted by atomic mass is 32.2. The zero-order chi connectivity index (χ0) is 21.1. The van der Waals surface area contributed by atoms with Gasteiger partial charge in [0.15, 0.2) is 11.5 Å². The van der Waals surface area contributed by atoms with Crippen molar-refractivity contribution in [3.8, 4) is 5.82 Å². The molecule has 2 heterocycles. The summed E-state index contributed by atoms with van der Waals surface area (Å²) in [5.74, 6) is 0.477. The topological polar surface area (TPSA) is 102 Å². The van der Waals surface area contributed by atoms with Crippen molar-refractivity contribution in [3.63, 3.8) is 0 Å². The van der Waals surface area contributed by atoms with Crippen molar-refractivity contribution in [1.29, 1.82) is 0 Å². The summed E-state index contributed by atoms with van der Waals surface area (Å²) in [4.78, 5) is 32.9. The number of hydrogen-bond donors (Lipinski definition) is 2. The minimum Gasteiger partial charge on any atom is -0.348 e. The summed E-state index contributed by atoms with van der Waals surface area (Å²) in [6, 6.07) is 9.58. The van der Waals surface area contributed by atoms with Crippen molar-refractivity contribution in [2.45, 2.75) is 37.8 Å². The summed E-state index contributed by atoms with van der Waals surface area (Å²) >= 11 is 1.31. The SMILES string of the molecule is Cc1cccc(C)c1NC(=O)CSc1cc(-n2ccc(C(=O)NC3CC3)n2)ncn1. The van der Waals surface area contributed by atoms with Gasteiger partial charge in [-0.05, 0) is 43.9 Å². The van der Waals surface area contributed by atoms with Gasteiger partial charge < -0.3 is 10.6 Å². The third kappa shape index (κ3) is 4.85. The van der Waals surface area contributed by atoms with E-state index in [2.05, 4.69) is 25.7 Å². The van der Waals surface area contributed by atoms with Crippen LogP contribution in [0, 0.1) is 13.8 Å². The summed E-state index contributed by atoms with van der Waals surface area (Å²) in [6.45, 7) is 3.94. The molecule has 1 saturated carbocycles. The zero-order valence-electron chi connectivity index (χ0n) is 16.8. The number of carbonyl (C=O) groups excluding carboxylic acids is 2. The van der Waals surface area contributed by atoms with Gasteiger partial charge in [0, 0.05) is 24.0 Å². The maximum Gasteiger partial charge on any atom is 0.272 e. The Hall–Kier alpha value is -3.20. The molecule has 1 aromatic carbocycles. The second-order valence-electron chi connectivity index (χ2n) is 7.21. The van der Waals surface area contributed by atoms with Crippen LogP contribution in [0.4, 0.5) is 5.69 Å². The molecule has 1 fully saturated rings. The Balaban J connectivity index is 1.38. The molecule has 3 aromatic rings. The van der Waals surface area contributed by atoms with E-state index < -0.39 is 0 Å². The number of para-hydroxylation sites is 1. The Bertz CT molecular complexity index is 1070. The summed E-state index contributed by atoms with van der Waals surface area (Å²) < 4.78 is 1.53. The van der Waals surface area contributed by atoms with E-state index in [0.29, 0.717) is 16.5 Å². The Labute approximate surface area is 178 Å². The van der Waals surface area contributed by atoms with Crippen molar-refractivity contribution in [2.75, 3.05) is 11.1 Å². The number of hydrogen-bond acceptors (Lipinski definition) is 6. The van der Waals surface area contributed by atoms with E-state index in [0.717, 1.165) is 29.7 Å². The van der Waals surface area contributed by atoms with E-state index in [1.165, 1.54) is 22.8 Å². The number of anilines is 1. The van der Waals surface area contributed by atoms with E-state index in [4.69, 9.17) is 0 Å². The lowest BCUT2D eigenvalue weighted by molar-refractivity contribution is -0.113. The molecule has 2 amide bonds. The molecule has 0 saturated heterocycles. The van der Waals surface area contributed by atoms with Crippen molar-refractivity contribution in [2.24, 2.45) is 0 Å². The van der Waals surface area contributed by atoms with Crippen molar-refractivity contribution in [3.05, 3.63) is 59.7 Å². The van der Waals surface area contributed by atoms with Gasteiger partial charge in [0.05, 0.1) is 5.75 Å². The van der Waals surface area contributed by atoms with E-state index in [1.54, 1.807) is 18.3 Å². The molecule has 2 aromatic heterocycles. The molecular weight excluding hydrogens is 400 g/mol. The number of thioether (sulfide) groups is 1. The predicted octanol–water partition coefficient (Wildman–Crippen LogP) is 2.90. The van der Waals surface area contributed by atoms with Crippen LogP contribution in [0.5, 0.6) is 0 Å². The first kappa shape index (κ1) is 20.1. The number of benzene rings is 1. The van der Waals surface area contributed by atoms with Gasteiger partial charge >= 0.3 is 0 Å². The average Bonchev–Trinajstić information content (AvgIpc) is 3.40. The van der Waals surface area contributed by atoms with Gasteiger partial charge in [-0.25, -0.2) is 14.6 Å². The second kappa shape index (κ2) is 8.66. The van der Waals surface area contributed by atoms with Crippen LogP contribution in [-0.2, 0) is 4.79 Å². The van der Waals surface area contributed by atoms with Crippen LogP contribution in [0.1, 0.15) is 34.5 Å². The van der Waals surface area contributed by atoms with Crippen LogP contribution < -0.4 is 10.6 Å². The highest BCUT2D eigenvalue weighted by molar-refractivity contribution is 7.99. The fourth-order valence-corrected chi connectivity index (χ4v) is 3.58. The smallest absolute Gasteiger partial charge is 0.272 e. The van der Waals surface area contributed by atoms with Crippen LogP contribution in [0.15, 0.2) is 47.9 Å². The number of aromatic nitrogens is 4. The first-order valence-corrected chi connectivity index (χ1v) is 10.7. The molecule has 0 spiro atoms. The maximum atomic E-state index is 12.4. The van der Waals surface area contributed by atoms with Gasteiger partial charge in [-0.1, -0.05) is 30.0 Å². The Kier molecular flexibility index (Phi) is 5.80. The van der Waals surface area contributed by atoms with E-state index in [9.17, 15) is 9.59 Å². The van der Waals surface area contributed by atoms with Crippen molar-refractivity contribution < 1.29 is 9.59 Å². The molecule has 0 bridgehead atoms. The van der Waals surface area contributed by atoms with Crippen LogP contribution in [0.25, 0.3) is 5.82 Å². The number of carbonyl (C=O) groups is 2. The molecule has 30 heavy (non-hydrogen) atoms. The fourth-order valence-electron chi connectivity index (χ4n) is 2.92. The highest BCUT2D eigenvalue weighted by Gasteiger charge is 2.24. The van der Waals surface area contributed by atoms with Crippen molar-refractivity contribution in [1.82, 2.24) is 25.1 Å². The van der Waals surface area contributed by atoms with Crippen LogP contribution in [0.2, 0.25) is 0 Å². The third-order valence-electron chi connectivity index (χ3n) is 4.69. The summed E-state index contributed by atoms with van der Waals surface area (Å²) in [6.07, 6.45) is 5.16. The van der Waals surface area contributed by atoms with Gasteiger partial charge in [0.25, 0.3) is 5.91 Å². The maximum absolute atomic E-state index is 12.4. The Morgan fingerprint density at radius 1 is 1.17 bits per heavy atom. The molecule has 1 aliphatic carbocycles. The summed E-state index contributed by atoms with van der Waals surface area (Å²) in [7, 11) is 0. The van der Waals surface area contributed by atoms with Crippen LogP contribution >= 0.6 is 11.8 Å². The molecule has 0 aliphatic heterocycles. The van der Waals surface area contributed by atoms with Gasteiger partial charge in [-0.15, -0.1) is 0 Å². The standard InChI is InChI=1S/C21H22N6O2S/c1-13-4-3-5-14(2)20(13)25-18(28)11-30-19-10-17(22-12-23-19)27-9-8-16(26-27)21(29)24-15-6-7-15/h3-5,8-10,12,15H,6-7,11H2,1-2H3,(H,24,29)(H,25,28). The number of nitrogens with one attached hydrogen (secondary N) is 2. The number of amides is 2. The molecule has 154 valence electrons. The molecule has 8 nitrogen and oxygen atoms in total. The second-order valence-corrected chi connectivity index (χ2v) is 8.21. The molecule has 1 aliphatic rings. The fraction of sp³-hybridized carbons (Fsp3) is 0.286. The van der Waals surface area contributed by atoms with E-state index >= 15 is 0 Å². The largest absolute Gasteiger partial charge is 0.348 e. The van der Waals surface area contributed by atoms with Gasteiger partial charge in [0.1, 0.15) is 11.4 Å². The van der Waals surface area contributed by atoms with Gasteiger partial charge in [-0.3, -0.25) is 9.59 Å². The first-order valence-electron chi connectivity index (χ1n) is 9.67. The zero-order valence-corrected chi connectivity index (χ0v) is 17.6. The molecular formula is C21H22N6O2S. The predicted molar refractivity (Wildman–Crippen MR) is 115 cm³/mol.